The number of rotatable bonds is 2. The summed E-state index contributed by atoms with van der Waals surface area (Å²) in [5.41, 5.74) is 0.636. The number of piperazine rings is 1. The molecule has 0 spiro atoms. The van der Waals surface area contributed by atoms with E-state index < -0.39 is 0 Å². The third kappa shape index (κ3) is 2.99. The summed E-state index contributed by atoms with van der Waals surface area (Å²) in [7, 11) is 3.77. The van der Waals surface area contributed by atoms with E-state index in [1.165, 1.54) is 19.4 Å². The van der Waals surface area contributed by atoms with Gasteiger partial charge < -0.3 is 15.1 Å². The first-order chi connectivity index (χ1) is 10.5. The molecule has 0 unspecified atom stereocenters. The molecular formula is C15H24N6O. The highest BCUT2D eigenvalue weighted by Crippen LogP contribution is 2.25. The van der Waals surface area contributed by atoms with Crippen molar-refractivity contribution in [3.63, 3.8) is 0 Å². The lowest BCUT2D eigenvalue weighted by molar-refractivity contribution is 0.0861. The van der Waals surface area contributed by atoms with E-state index >= 15 is 0 Å². The van der Waals surface area contributed by atoms with Crippen LogP contribution in [0, 0.1) is 0 Å². The zero-order valence-electron chi connectivity index (χ0n) is 13.5. The number of aromatic nitrogens is 2. The predicted molar refractivity (Wildman–Crippen MR) is 86.1 cm³/mol. The van der Waals surface area contributed by atoms with E-state index in [9.17, 15) is 4.79 Å². The van der Waals surface area contributed by atoms with Gasteiger partial charge in [-0.2, -0.15) is 0 Å². The number of anilines is 2. The summed E-state index contributed by atoms with van der Waals surface area (Å²) < 4.78 is 0. The Morgan fingerprint density at radius 3 is 2.73 bits per heavy atom. The van der Waals surface area contributed by atoms with Crippen LogP contribution in [0.5, 0.6) is 0 Å². The van der Waals surface area contributed by atoms with Crippen molar-refractivity contribution >= 4 is 17.7 Å². The van der Waals surface area contributed by atoms with Crippen molar-refractivity contribution in [2.75, 3.05) is 43.9 Å². The lowest BCUT2D eigenvalue weighted by Gasteiger charge is -2.42. The van der Waals surface area contributed by atoms with Crippen molar-refractivity contribution in [2.45, 2.75) is 31.8 Å². The minimum absolute atomic E-state index is 0.0553. The Balaban J connectivity index is 1.63. The first kappa shape index (κ1) is 15.0. The molecule has 120 valence electrons. The average Bonchev–Trinajstić information content (AvgIpc) is 2.94. The summed E-state index contributed by atoms with van der Waals surface area (Å²) >= 11 is 0. The van der Waals surface area contributed by atoms with Crippen LogP contribution in [0.3, 0.4) is 0 Å². The van der Waals surface area contributed by atoms with Gasteiger partial charge in [-0.05, 0) is 26.3 Å². The molecule has 0 saturated carbocycles. The number of amides is 2. The quantitative estimate of drug-likeness (QED) is 0.890. The second-order valence-corrected chi connectivity index (χ2v) is 6.39. The molecule has 2 atom stereocenters. The van der Waals surface area contributed by atoms with E-state index in [0.29, 0.717) is 17.7 Å². The molecule has 1 N–H and O–H groups in total. The maximum Gasteiger partial charge on any atom is 0.322 e. The van der Waals surface area contributed by atoms with Crippen molar-refractivity contribution in [2.24, 2.45) is 0 Å². The molecule has 2 fully saturated rings. The summed E-state index contributed by atoms with van der Waals surface area (Å²) in [5.74, 6) is 0.630. The number of hydrogen-bond acceptors (Lipinski definition) is 5. The van der Waals surface area contributed by atoms with E-state index in [0.717, 1.165) is 13.1 Å². The fourth-order valence-corrected chi connectivity index (χ4v) is 3.28. The van der Waals surface area contributed by atoms with Crippen LogP contribution in [0.4, 0.5) is 16.4 Å². The zero-order valence-corrected chi connectivity index (χ0v) is 13.5. The first-order valence-corrected chi connectivity index (χ1v) is 7.85. The molecule has 7 nitrogen and oxygen atoms in total. The van der Waals surface area contributed by atoms with Crippen LogP contribution in [-0.4, -0.2) is 71.6 Å². The zero-order chi connectivity index (χ0) is 15.7. The van der Waals surface area contributed by atoms with Gasteiger partial charge in [-0.1, -0.05) is 0 Å². The van der Waals surface area contributed by atoms with Gasteiger partial charge in [0.25, 0.3) is 0 Å². The summed E-state index contributed by atoms with van der Waals surface area (Å²) in [6.07, 6.45) is 5.73. The van der Waals surface area contributed by atoms with Crippen LogP contribution in [0.1, 0.15) is 19.8 Å². The van der Waals surface area contributed by atoms with Gasteiger partial charge in [-0.25, -0.2) is 14.8 Å². The number of nitrogens with zero attached hydrogens (tertiary/aromatic N) is 5. The molecule has 1 aromatic rings. The lowest BCUT2D eigenvalue weighted by Crippen LogP contribution is -2.57. The summed E-state index contributed by atoms with van der Waals surface area (Å²) in [6, 6.07) is 0.700. The SMILES string of the molecule is C[C@H]1CN2CCC[C@H]2CN1C(=O)Nc1cnc(N(C)C)nc1. The summed E-state index contributed by atoms with van der Waals surface area (Å²) in [5, 5.41) is 2.91. The smallest absolute Gasteiger partial charge is 0.322 e. The Morgan fingerprint density at radius 1 is 1.32 bits per heavy atom. The molecule has 1 aromatic heterocycles. The second kappa shape index (κ2) is 6.08. The second-order valence-electron chi connectivity index (χ2n) is 6.39. The van der Waals surface area contributed by atoms with Crippen LogP contribution in [0.15, 0.2) is 12.4 Å². The van der Waals surface area contributed by atoms with Crippen LogP contribution < -0.4 is 10.2 Å². The van der Waals surface area contributed by atoms with Gasteiger partial charge in [-0.15, -0.1) is 0 Å². The topological polar surface area (TPSA) is 64.6 Å². The van der Waals surface area contributed by atoms with Crippen LogP contribution in [-0.2, 0) is 0 Å². The highest BCUT2D eigenvalue weighted by atomic mass is 16.2. The largest absolute Gasteiger partial charge is 0.347 e. The normalized spacial score (nSPS) is 25.0. The molecule has 22 heavy (non-hydrogen) atoms. The highest BCUT2D eigenvalue weighted by Gasteiger charge is 2.36. The lowest BCUT2D eigenvalue weighted by atomic mass is 10.1. The molecule has 0 aliphatic carbocycles. The number of hydrogen-bond donors (Lipinski definition) is 1. The van der Waals surface area contributed by atoms with E-state index in [-0.39, 0.29) is 12.1 Å². The Kier molecular flexibility index (Phi) is 4.15. The molecule has 0 bridgehead atoms. The Bertz CT molecular complexity index is 531. The van der Waals surface area contributed by atoms with Gasteiger partial charge >= 0.3 is 6.03 Å². The minimum Gasteiger partial charge on any atom is -0.347 e. The molecule has 3 heterocycles. The van der Waals surface area contributed by atoms with Crippen molar-refractivity contribution in [3.05, 3.63) is 12.4 Å². The van der Waals surface area contributed by atoms with Crippen molar-refractivity contribution in [1.82, 2.24) is 19.8 Å². The fraction of sp³-hybridized carbons (Fsp3) is 0.667. The number of nitrogens with one attached hydrogen (secondary N) is 1. The molecule has 3 rings (SSSR count). The van der Waals surface area contributed by atoms with E-state index in [2.05, 4.69) is 27.1 Å². The van der Waals surface area contributed by atoms with Crippen LogP contribution >= 0.6 is 0 Å². The number of carbonyl (C=O) groups is 1. The first-order valence-electron chi connectivity index (χ1n) is 7.85. The highest BCUT2D eigenvalue weighted by molar-refractivity contribution is 5.89. The van der Waals surface area contributed by atoms with Gasteiger partial charge in [0.05, 0.1) is 18.1 Å². The average molecular weight is 304 g/mol. The van der Waals surface area contributed by atoms with Crippen LogP contribution in [0.25, 0.3) is 0 Å². The standard InChI is InChI=1S/C15H24N6O/c1-11-9-20-6-4-5-13(20)10-21(11)15(22)18-12-7-16-14(17-8-12)19(2)3/h7-8,11,13H,4-6,9-10H2,1-3H3,(H,18,22)/t11-,13-/m0/s1. The Labute approximate surface area is 131 Å². The van der Waals surface area contributed by atoms with Gasteiger partial charge in [0.15, 0.2) is 0 Å². The summed E-state index contributed by atoms with van der Waals surface area (Å²) in [4.78, 5) is 27.2. The van der Waals surface area contributed by atoms with Gasteiger partial charge in [0.2, 0.25) is 5.95 Å². The summed E-state index contributed by atoms with van der Waals surface area (Å²) in [6.45, 7) is 5.06. The van der Waals surface area contributed by atoms with E-state index in [4.69, 9.17) is 0 Å². The number of carbonyl (C=O) groups excluding carboxylic acids is 1. The van der Waals surface area contributed by atoms with E-state index in [1.807, 2.05) is 23.9 Å². The van der Waals surface area contributed by atoms with Crippen molar-refractivity contribution < 1.29 is 4.79 Å². The molecule has 2 saturated heterocycles. The predicted octanol–water partition coefficient (Wildman–Crippen LogP) is 1.24. The fourth-order valence-electron chi connectivity index (χ4n) is 3.28. The minimum atomic E-state index is -0.0553. The van der Waals surface area contributed by atoms with Crippen molar-refractivity contribution in [3.8, 4) is 0 Å². The molecule has 2 aliphatic rings. The molecule has 7 heteroatoms. The van der Waals surface area contributed by atoms with Crippen molar-refractivity contribution in [1.29, 1.82) is 0 Å². The molecule has 0 radical (unpaired) electrons. The van der Waals surface area contributed by atoms with Gasteiger partial charge in [-0.3, -0.25) is 4.90 Å². The molecular weight excluding hydrogens is 280 g/mol. The van der Waals surface area contributed by atoms with Gasteiger partial charge in [0, 0.05) is 39.3 Å². The van der Waals surface area contributed by atoms with E-state index in [1.54, 1.807) is 12.4 Å². The monoisotopic (exact) mass is 304 g/mol. The number of fused-ring (bicyclic) bond motifs is 1. The Morgan fingerprint density at radius 2 is 2.05 bits per heavy atom. The molecule has 2 amide bonds. The van der Waals surface area contributed by atoms with Gasteiger partial charge in [0.1, 0.15) is 0 Å². The molecule has 2 aliphatic heterocycles. The third-order valence-corrected chi connectivity index (χ3v) is 4.49. The maximum atomic E-state index is 12.5. The maximum absolute atomic E-state index is 12.5. The van der Waals surface area contributed by atoms with Crippen LogP contribution in [0.2, 0.25) is 0 Å². The molecule has 0 aromatic carbocycles. The Hall–Kier alpha value is -1.89. The third-order valence-electron chi connectivity index (χ3n) is 4.49. The number of urea groups is 1.